The van der Waals surface area contributed by atoms with Gasteiger partial charge in [0.1, 0.15) is 5.75 Å². The first kappa shape index (κ1) is 23.4. The summed E-state index contributed by atoms with van der Waals surface area (Å²) in [7, 11) is 1.66. The zero-order valence-corrected chi connectivity index (χ0v) is 20.7. The maximum absolute atomic E-state index is 5.73. The monoisotopic (exact) mass is 492 g/mol. The second kappa shape index (κ2) is 10.5. The van der Waals surface area contributed by atoms with Gasteiger partial charge in [-0.3, -0.25) is 9.80 Å². The number of rotatable bonds is 8. The minimum Gasteiger partial charge on any atom is -0.497 e. The number of piperazine rings is 1. The minimum atomic E-state index is 0.394. The number of methoxy groups -OCH3 is 1. The molecule has 182 valence electrons. The number of aryl methyl sites for hydroxylation is 1. The summed E-state index contributed by atoms with van der Waals surface area (Å²) in [6, 6.07) is 15.9. The number of nitrogens with zero attached hydrogens (tertiary/aromatic N) is 6. The van der Waals surface area contributed by atoms with Crippen LogP contribution in [0.15, 0.2) is 57.5 Å². The van der Waals surface area contributed by atoms with Crippen LogP contribution >= 0.6 is 12.2 Å². The van der Waals surface area contributed by atoms with Gasteiger partial charge in [-0.2, -0.15) is 4.98 Å². The summed E-state index contributed by atoms with van der Waals surface area (Å²) in [4.78, 5) is 9.63. The molecule has 0 unspecified atom stereocenters. The molecule has 2 aromatic carbocycles. The first-order valence-corrected chi connectivity index (χ1v) is 12.0. The first-order valence-electron chi connectivity index (χ1n) is 11.6. The normalized spacial score (nSPS) is 14.9. The van der Waals surface area contributed by atoms with Gasteiger partial charge in [-0.25, -0.2) is 4.68 Å². The van der Waals surface area contributed by atoms with Gasteiger partial charge in [-0.15, -0.1) is 5.10 Å². The molecule has 5 rings (SSSR count). The lowest BCUT2D eigenvalue weighted by atomic mass is 10.1. The smallest absolute Gasteiger partial charge is 0.288 e. The molecular weight excluding hydrogens is 464 g/mol. The molecule has 1 aliphatic rings. The van der Waals surface area contributed by atoms with E-state index in [0.29, 0.717) is 42.1 Å². The third-order valence-electron chi connectivity index (χ3n) is 6.17. The first-order chi connectivity index (χ1) is 17.1. The molecule has 4 aromatic rings. The highest BCUT2D eigenvalue weighted by Crippen LogP contribution is 2.20. The van der Waals surface area contributed by atoms with E-state index in [-0.39, 0.29) is 0 Å². The van der Waals surface area contributed by atoms with Crippen molar-refractivity contribution in [2.24, 2.45) is 0 Å². The van der Waals surface area contributed by atoms with Gasteiger partial charge in [0.25, 0.3) is 4.84 Å². The Balaban J connectivity index is 1.13. The molecule has 1 fully saturated rings. The van der Waals surface area contributed by atoms with E-state index in [4.69, 9.17) is 25.9 Å². The van der Waals surface area contributed by atoms with Gasteiger partial charge in [0, 0.05) is 31.7 Å². The summed E-state index contributed by atoms with van der Waals surface area (Å²) in [6.45, 7) is 6.87. The Morgan fingerprint density at radius 3 is 2.46 bits per heavy atom. The largest absolute Gasteiger partial charge is 0.497 e. The third-order valence-corrected chi connectivity index (χ3v) is 6.47. The van der Waals surface area contributed by atoms with Crippen molar-refractivity contribution in [2.45, 2.75) is 26.6 Å². The van der Waals surface area contributed by atoms with Crippen LogP contribution in [0.5, 0.6) is 5.75 Å². The Morgan fingerprint density at radius 2 is 1.71 bits per heavy atom. The Hall–Kier alpha value is -3.34. The molecule has 0 bridgehead atoms. The lowest BCUT2D eigenvalue weighted by Gasteiger charge is -2.33. The highest BCUT2D eigenvalue weighted by Gasteiger charge is 2.21. The van der Waals surface area contributed by atoms with Gasteiger partial charge in [-0.1, -0.05) is 41.6 Å². The van der Waals surface area contributed by atoms with Crippen molar-refractivity contribution in [3.63, 3.8) is 0 Å². The van der Waals surface area contributed by atoms with E-state index in [1.165, 1.54) is 0 Å². The molecule has 2 aromatic heterocycles. The van der Waals surface area contributed by atoms with Gasteiger partial charge < -0.3 is 13.7 Å². The van der Waals surface area contributed by atoms with Crippen LogP contribution in [0.25, 0.3) is 11.4 Å². The predicted molar refractivity (Wildman–Crippen MR) is 132 cm³/mol. The fourth-order valence-corrected chi connectivity index (χ4v) is 4.34. The molecule has 0 atom stereocenters. The van der Waals surface area contributed by atoms with Crippen LogP contribution in [0.3, 0.4) is 0 Å². The van der Waals surface area contributed by atoms with Crippen LogP contribution in [0.4, 0.5) is 0 Å². The van der Waals surface area contributed by atoms with E-state index >= 15 is 0 Å². The lowest BCUT2D eigenvalue weighted by molar-refractivity contribution is 0.0902. The van der Waals surface area contributed by atoms with E-state index in [1.54, 1.807) is 11.8 Å². The van der Waals surface area contributed by atoms with Crippen molar-refractivity contribution in [3.8, 4) is 17.1 Å². The van der Waals surface area contributed by atoms with Crippen LogP contribution in [-0.2, 0) is 19.6 Å². The summed E-state index contributed by atoms with van der Waals surface area (Å²) in [5, 5.41) is 8.76. The van der Waals surface area contributed by atoms with Crippen molar-refractivity contribution in [1.29, 1.82) is 0 Å². The Labute approximate surface area is 208 Å². The van der Waals surface area contributed by atoms with Gasteiger partial charge in [-0.05, 0) is 42.4 Å². The quantitative estimate of drug-likeness (QED) is 0.340. The zero-order chi connectivity index (χ0) is 24.2. The SMILES string of the molecule is COc1ccc(Cc2nn(CN3CCN(Cc4nc(-c5ccccc5C)no4)CC3)c(=S)o2)cc1. The van der Waals surface area contributed by atoms with E-state index in [9.17, 15) is 0 Å². The molecule has 10 heteroatoms. The Morgan fingerprint density at radius 1 is 0.971 bits per heavy atom. The van der Waals surface area contributed by atoms with Crippen LogP contribution in [0, 0.1) is 11.8 Å². The maximum atomic E-state index is 5.73. The highest BCUT2D eigenvalue weighted by atomic mass is 32.1. The third kappa shape index (κ3) is 5.67. The molecule has 0 aliphatic carbocycles. The number of hydrogen-bond acceptors (Lipinski definition) is 9. The molecule has 1 saturated heterocycles. The maximum Gasteiger partial charge on any atom is 0.288 e. The summed E-state index contributed by atoms with van der Waals surface area (Å²) in [6.07, 6.45) is 0.586. The minimum absolute atomic E-state index is 0.394. The number of benzene rings is 2. The molecule has 3 heterocycles. The molecule has 0 spiro atoms. The second-order valence-electron chi connectivity index (χ2n) is 8.65. The van der Waals surface area contributed by atoms with Crippen molar-refractivity contribution < 1.29 is 13.7 Å². The average Bonchev–Trinajstić information content (AvgIpc) is 3.47. The van der Waals surface area contributed by atoms with Crippen LogP contribution in [-0.4, -0.2) is 63.0 Å². The van der Waals surface area contributed by atoms with E-state index < -0.39 is 0 Å². The second-order valence-corrected chi connectivity index (χ2v) is 9.00. The Bertz CT molecular complexity index is 1320. The molecule has 0 radical (unpaired) electrons. The fourth-order valence-electron chi connectivity index (χ4n) is 4.15. The molecule has 9 nitrogen and oxygen atoms in total. The van der Waals surface area contributed by atoms with Crippen molar-refractivity contribution in [2.75, 3.05) is 33.3 Å². The van der Waals surface area contributed by atoms with E-state index in [2.05, 4.69) is 25.0 Å². The summed E-state index contributed by atoms with van der Waals surface area (Å²) < 4.78 is 18.2. The van der Waals surface area contributed by atoms with Gasteiger partial charge in [0.15, 0.2) is 0 Å². The summed E-state index contributed by atoms with van der Waals surface area (Å²) in [5.74, 6) is 2.71. The van der Waals surface area contributed by atoms with Gasteiger partial charge in [0.05, 0.1) is 26.7 Å². The van der Waals surface area contributed by atoms with Gasteiger partial charge >= 0.3 is 0 Å². The lowest BCUT2D eigenvalue weighted by Crippen LogP contribution is -2.46. The number of ether oxygens (including phenoxy) is 1. The Kier molecular flexibility index (Phi) is 7.03. The van der Waals surface area contributed by atoms with Crippen LogP contribution in [0.1, 0.15) is 22.9 Å². The number of hydrogen-bond donors (Lipinski definition) is 0. The predicted octanol–water partition coefficient (Wildman–Crippen LogP) is 3.94. The molecule has 0 amide bonds. The van der Waals surface area contributed by atoms with Crippen LogP contribution in [0.2, 0.25) is 0 Å². The highest BCUT2D eigenvalue weighted by molar-refractivity contribution is 7.71. The summed E-state index contributed by atoms with van der Waals surface area (Å²) >= 11 is 5.41. The van der Waals surface area contributed by atoms with E-state index in [1.807, 2.05) is 55.5 Å². The van der Waals surface area contributed by atoms with E-state index in [0.717, 1.165) is 48.6 Å². The standard InChI is InChI=1S/C25H28N6O3S/c1-18-5-3-4-6-21(18)24-26-23(34-28-24)16-29-11-13-30(14-12-29)17-31-25(35)33-22(27-31)15-19-7-9-20(32-2)10-8-19/h3-10H,11-17H2,1-2H3. The molecular formula is C25H28N6O3S. The fraction of sp³-hybridized carbons (Fsp3) is 0.360. The van der Waals surface area contributed by atoms with Gasteiger partial charge in [0.2, 0.25) is 17.6 Å². The average molecular weight is 493 g/mol. The molecule has 0 N–H and O–H groups in total. The summed E-state index contributed by atoms with van der Waals surface area (Å²) in [5.41, 5.74) is 3.23. The molecule has 1 aliphatic heterocycles. The van der Waals surface area contributed by atoms with Crippen molar-refractivity contribution in [1.82, 2.24) is 29.7 Å². The topological polar surface area (TPSA) is 85.6 Å². The van der Waals surface area contributed by atoms with Crippen molar-refractivity contribution in [3.05, 3.63) is 76.3 Å². The zero-order valence-electron chi connectivity index (χ0n) is 19.9. The number of aromatic nitrogens is 4. The molecule has 0 saturated carbocycles. The van der Waals surface area contributed by atoms with Crippen LogP contribution < -0.4 is 4.74 Å². The van der Waals surface area contributed by atoms with Crippen molar-refractivity contribution >= 4 is 12.2 Å². The molecule has 35 heavy (non-hydrogen) atoms.